The lowest BCUT2D eigenvalue weighted by molar-refractivity contribution is -0.152. The Morgan fingerprint density at radius 2 is 1.75 bits per heavy atom. The van der Waals surface area contributed by atoms with Crippen molar-refractivity contribution in [1.82, 2.24) is 5.32 Å². The Morgan fingerprint density at radius 1 is 1.05 bits per heavy atom. The van der Waals surface area contributed by atoms with Gasteiger partial charge in [-0.15, -0.1) is 0 Å². The van der Waals surface area contributed by atoms with Crippen LogP contribution in [0.3, 0.4) is 0 Å². The molecule has 2 rings (SSSR count). The molecule has 1 heterocycles. The van der Waals surface area contributed by atoms with E-state index < -0.39 is 0 Å². The molecule has 0 aromatic rings. The molecule has 1 N–H and O–H groups in total. The highest BCUT2D eigenvalue weighted by Gasteiger charge is 2.25. The Morgan fingerprint density at radius 3 is 2.40 bits per heavy atom. The van der Waals surface area contributed by atoms with Crippen molar-refractivity contribution in [3.8, 4) is 0 Å². The smallest absolute Gasteiger partial charge is 0.311 e. The van der Waals surface area contributed by atoms with Crippen molar-refractivity contribution in [1.29, 1.82) is 0 Å². The standard InChI is InChI=1S/C15H25NO4/c17-14(11-20-15(18)12-8-9-19-10-12)16-13-6-4-2-1-3-5-7-13/h12-13H,1-11H2,(H,16,17)/t12-/m1/s1. The Bertz CT molecular complexity index is 318. The lowest BCUT2D eigenvalue weighted by atomic mass is 9.97. The van der Waals surface area contributed by atoms with Gasteiger partial charge in [0.15, 0.2) is 6.61 Å². The van der Waals surface area contributed by atoms with Gasteiger partial charge in [-0.2, -0.15) is 0 Å². The minimum absolute atomic E-state index is 0.161. The quantitative estimate of drug-likeness (QED) is 0.799. The van der Waals surface area contributed by atoms with Gasteiger partial charge in [-0.3, -0.25) is 9.59 Å². The summed E-state index contributed by atoms with van der Waals surface area (Å²) in [6.45, 7) is 0.864. The summed E-state index contributed by atoms with van der Waals surface area (Å²) in [4.78, 5) is 23.5. The van der Waals surface area contributed by atoms with Crippen molar-refractivity contribution in [2.24, 2.45) is 5.92 Å². The number of carbonyl (C=O) groups excluding carboxylic acids is 2. The normalized spacial score (nSPS) is 24.7. The fourth-order valence-electron chi connectivity index (χ4n) is 2.84. The third-order valence-corrected chi connectivity index (χ3v) is 4.08. The Kier molecular flexibility index (Phi) is 6.30. The zero-order chi connectivity index (χ0) is 14.2. The summed E-state index contributed by atoms with van der Waals surface area (Å²) < 4.78 is 10.2. The van der Waals surface area contributed by atoms with E-state index in [0.29, 0.717) is 19.6 Å². The molecule has 0 aromatic carbocycles. The molecular weight excluding hydrogens is 258 g/mol. The summed E-state index contributed by atoms with van der Waals surface area (Å²) in [5, 5.41) is 2.99. The number of hydrogen-bond donors (Lipinski definition) is 1. The SMILES string of the molecule is O=C(COC(=O)[C@@H]1CCOC1)NC1CCCCCCC1. The van der Waals surface area contributed by atoms with E-state index in [1.54, 1.807) is 0 Å². The number of ether oxygens (including phenoxy) is 2. The molecule has 5 heteroatoms. The summed E-state index contributed by atoms with van der Waals surface area (Å²) in [5.41, 5.74) is 0. The lowest BCUT2D eigenvalue weighted by Crippen LogP contribution is -2.38. The highest BCUT2D eigenvalue weighted by molar-refractivity contribution is 5.81. The van der Waals surface area contributed by atoms with Crippen molar-refractivity contribution in [3.05, 3.63) is 0 Å². The van der Waals surface area contributed by atoms with Gasteiger partial charge in [0, 0.05) is 12.6 Å². The van der Waals surface area contributed by atoms with Crippen LogP contribution in [0.1, 0.15) is 51.4 Å². The number of hydrogen-bond acceptors (Lipinski definition) is 4. The zero-order valence-electron chi connectivity index (χ0n) is 12.1. The largest absolute Gasteiger partial charge is 0.455 e. The van der Waals surface area contributed by atoms with Gasteiger partial charge in [0.1, 0.15) is 0 Å². The van der Waals surface area contributed by atoms with Crippen LogP contribution in [0.4, 0.5) is 0 Å². The molecule has 5 nitrogen and oxygen atoms in total. The molecule has 1 aliphatic carbocycles. The summed E-state index contributed by atoms with van der Waals surface area (Å²) in [6, 6.07) is 0.247. The number of nitrogens with one attached hydrogen (secondary N) is 1. The molecule has 0 spiro atoms. The second-order valence-electron chi connectivity index (χ2n) is 5.78. The molecule has 1 saturated carbocycles. The minimum Gasteiger partial charge on any atom is -0.455 e. The van der Waals surface area contributed by atoms with Crippen LogP contribution in [0, 0.1) is 5.92 Å². The van der Waals surface area contributed by atoms with E-state index in [4.69, 9.17) is 9.47 Å². The fourth-order valence-corrected chi connectivity index (χ4v) is 2.84. The van der Waals surface area contributed by atoms with Crippen molar-refractivity contribution < 1.29 is 19.1 Å². The van der Waals surface area contributed by atoms with Gasteiger partial charge in [-0.25, -0.2) is 0 Å². The van der Waals surface area contributed by atoms with Crippen molar-refractivity contribution in [3.63, 3.8) is 0 Å². The van der Waals surface area contributed by atoms with E-state index in [1.165, 1.54) is 32.1 Å². The van der Waals surface area contributed by atoms with E-state index in [0.717, 1.165) is 12.8 Å². The summed E-state index contributed by atoms with van der Waals surface area (Å²) in [5.74, 6) is -0.678. The van der Waals surface area contributed by atoms with E-state index in [1.807, 2.05) is 0 Å². The summed E-state index contributed by atoms with van der Waals surface area (Å²) in [7, 11) is 0. The number of carbonyl (C=O) groups is 2. The molecule has 2 aliphatic rings. The molecule has 1 atom stereocenters. The zero-order valence-corrected chi connectivity index (χ0v) is 12.1. The van der Waals surface area contributed by atoms with Gasteiger partial charge in [-0.1, -0.05) is 32.1 Å². The maximum absolute atomic E-state index is 11.8. The van der Waals surface area contributed by atoms with E-state index in [2.05, 4.69) is 5.32 Å². The van der Waals surface area contributed by atoms with Crippen LogP contribution in [0.25, 0.3) is 0 Å². The summed E-state index contributed by atoms with van der Waals surface area (Å²) >= 11 is 0. The van der Waals surface area contributed by atoms with Gasteiger partial charge in [0.25, 0.3) is 5.91 Å². The molecule has 2 fully saturated rings. The molecular formula is C15H25NO4. The number of esters is 1. The maximum atomic E-state index is 11.8. The molecule has 0 aromatic heterocycles. The lowest BCUT2D eigenvalue weighted by Gasteiger charge is -2.21. The predicted octanol–water partition coefficient (Wildman–Crippen LogP) is 1.80. The predicted molar refractivity (Wildman–Crippen MR) is 74.1 cm³/mol. The van der Waals surface area contributed by atoms with Gasteiger partial charge >= 0.3 is 5.97 Å². The monoisotopic (exact) mass is 283 g/mol. The van der Waals surface area contributed by atoms with Crippen LogP contribution in [-0.4, -0.2) is 37.7 Å². The first-order valence-corrected chi connectivity index (χ1v) is 7.79. The van der Waals surface area contributed by atoms with Crippen LogP contribution >= 0.6 is 0 Å². The van der Waals surface area contributed by atoms with Crippen LogP contribution in [0.15, 0.2) is 0 Å². The number of amides is 1. The highest BCUT2D eigenvalue weighted by atomic mass is 16.5. The molecule has 1 saturated heterocycles. The molecule has 114 valence electrons. The van der Waals surface area contributed by atoms with Crippen LogP contribution < -0.4 is 5.32 Å². The van der Waals surface area contributed by atoms with Crippen LogP contribution in [0.2, 0.25) is 0 Å². The topological polar surface area (TPSA) is 64.6 Å². The summed E-state index contributed by atoms with van der Waals surface area (Å²) in [6.07, 6.45) is 8.93. The van der Waals surface area contributed by atoms with Gasteiger partial charge in [0.2, 0.25) is 0 Å². The maximum Gasteiger partial charge on any atom is 0.311 e. The van der Waals surface area contributed by atoms with Gasteiger partial charge in [0.05, 0.1) is 12.5 Å². The third kappa shape index (κ3) is 5.12. The van der Waals surface area contributed by atoms with Crippen molar-refractivity contribution >= 4 is 11.9 Å². The Labute approximate surface area is 120 Å². The van der Waals surface area contributed by atoms with Crippen LogP contribution in [-0.2, 0) is 19.1 Å². The molecule has 0 radical (unpaired) electrons. The molecule has 1 amide bonds. The Hall–Kier alpha value is -1.10. The van der Waals surface area contributed by atoms with Crippen molar-refractivity contribution in [2.75, 3.05) is 19.8 Å². The first kappa shape index (κ1) is 15.3. The van der Waals surface area contributed by atoms with E-state index in [9.17, 15) is 9.59 Å². The average Bonchev–Trinajstić information content (AvgIpc) is 2.93. The van der Waals surface area contributed by atoms with E-state index >= 15 is 0 Å². The minimum atomic E-state index is -0.310. The fraction of sp³-hybridized carbons (Fsp3) is 0.867. The molecule has 1 aliphatic heterocycles. The van der Waals surface area contributed by atoms with Gasteiger partial charge in [-0.05, 0) is 19.3 Å². The molecule has 0 bridgehead atoms. The first-order chi connectivity index (χ1) is 9.75. The highest BCUT2D eigenvalue weighted by Crippen LogP contribution is 2.17. The Balaban J connectivity index is 1.64. The van der Waals surface area contributed by atoms with E-state index in [-0.39, 0.29) is 30.4 Å². The average molecular weight is 283 g/mol. The van der Waals surface area contributed by atoms with Crippen molar-refractivity contribution in [2.45, 2.75) is 57.4 Å². The van der Waals surface area contributed by atoms with Gasteiger partial charge < -0.3 is 14.8 Å². The first-order valence-electron chi connectivity index (χ1n) is 7.79. The second kappa shape index (κ2) is 8.25. The number of rotatable bonds is 4. The third-order valence-electron chi connectivity index (χ3n) is 4.08. The molecule has 0 unspecified atom stereocenters. The second-order valence-corrected chi connectivity index (χ2v) is 5.78. The van der Waals surface area contributed by atoms with Crippen LogP contribution in [0.5, 0.6) is 0 Å². The molecule has 20 heavy (non-hydrogen) atoms.